The minimum atomic E-state index is -0.617. The summed E-state index contributed by atoms with van der Waals surface area (Å²) in [5, 5.41) is 18.6. The van der Waals surface area contributed by atoms with E-state index in [4.69, 9.17) is 15.2 Å². The molecule has 3 atom stereocenters. The van der Waals surface area contributed by atoms with Gasteiger partial charge in [0.1, 0.15) is 5.54 Å². The molecule has 0 unspecified atom stereocenters. The third-order valence-electron chi connectivity index (χ3n) is 11.4. The predicted molar refractivity (Wildman–Crippen MR) is 221 cm³/mol. The van der Waals surface area contributed by atoms with Gasteiger partial charge in [-0.15, -0.1) is 0 Å². The van der Waals surface area contributed by atoms with Crippen LogP contribution < -0.4 is 26.6 Å². The number of anilines is 4. The molecule has 0 aromatic heterocycles. The molecule has 7 rings (SSSR count). The van der Waals surface area contributed by atoms with Crippen molar-refractivity contribution in [1.82, 2.24) is 10.2 Å². The zero-order valence-electron chi connectivity index (χ0n) is 32.4. The van der Waals surface area contributed by atoms with E-state index < -0.39 is 11.8 Å². The van der Waals surface area contributed by atoms with E-state index in [1.165, 1.54) is 0 Å². The van der Waals surface area contributed by atoms with Gasteiger partial charge < -0.3 is 46.1 Å². The Labute approximate surface area is 334 Å². The van der Waals surface area contributed by atoms with Gasteiger partial charge in [-0.05, 0) is 73.2 Å². The van der Waals surface area contributed by atoms with Crippen LogP contribution in [0.1, 0.15) is 86.9 Å². The van der Waals surface area contributed by atoms with Crippen LogP contribution in [0.2, 0.25) is 0 Å². The fraction of sp³-hybridized carbons (Fsp3) is 0.400. The van der Waals surface area contributed by atoms with Crippen molar-refractivity contribution >= 4 is 40.5 Å². The molecule has 0 saturated carbocycles. The Morgan fingerprint density at radius 2 is 1.44 bits per heavy atom. The molecule has 3 aliphatic rings. The van der Waals surface area contributed by atoms with Gasteiger partial charge in [-0.2, -0.15) is 0 Å². The third kappa shape index (κ3) is 10.0. The first-order valence-corrected chi connectivity index (χ1v) is 20.2. The number of carbonyl (C=O) groups excluding carboxylic acids is 3. The van der Waals surface area contributed by atoms with Crippen LogP contribution >= 0.6 is 0 Å². The lowest BCUT2D eigenvalue weighted by atomic mass is 9.85. The van der Waals surface area contributed by atoms with Crippen molar-refractivity contribution in [3.63, 3.8) is 0 Å². The molecular formula is C45H54N6O6. The van der Waals surface area contributed by atoms with E-state index in [0.29, 0.717) is 49.5 Å². The number of nitrogens with two attached hydrogens (primary N) is 1. The molecule has 0 radical (unpaired) electrons. The zero-order valence-corrected chi connectivity index (χ0v) is 32.4. The summed E-state index contributed by atoms with van der Waals surface area (Å²) in [5.41, 5.74) is 11.0. The van der Waals surface area contributed by atoms with E-state index >= 15 is 0 Å². The Hall–Kier alpha value is -5.27. The topological polar surface area (TPSA) is 158 Å². The summed E-state index contributed by atoms with van der Waals surface area (Å²) in [6, 6.07) is 32.8. The molecule has 3 heterocycles. The quantitative estimate of drug-likeness (QED) is 0.0659. The van der Waals surface area contributed by atoms with Crippen molar-refractivity contribution in [2.45, 2.75) is 88.4 Å². The number of likely N-dealkylation sites (tertiary alicyclic amines) is 1. The van der Waals surface area contributed by atoms with Gasteiger partial charge in [0.2, 0.25) is 17.7 Å². The fourth-order valence-electron chi connectivity index (χ4n) is 8.15. The van der Waals surface area contributed by atoms with Gasteiger partial charge in [0.15, 0.2) is 6.29 Å². The maximum atomic E-state index is 13.2. The van der Waals surface area contributed by atoms with E-state index in [2.05, 4.69) is 37.9 Å². The van der Waals surface area contributed by atoms with Gasteiger partial charge in [-0.3, -0.25) is 14.4 Å². The van der Waals surface area contributed by atoms with Crippen LogP contribution in [0.15, 0.2) is 103 Å². The molecule has 3 amide bonds. The number of para-hydroxylation sites is 3. The maximum Gasteiger partial charge on any atom is 0.247 e. The second-order valence-electron chi connectivity index (χ2n) is 15.3. The molecule has 6 N–H and O–H groups in total. The molecule has 4 aromatic rings. The molecule has 3 aliphatic heterocycles. The van der Waals surface area contributed by atoms with Gasteiger partial charge in [0.25, 0.3) is 0 Å². The van der Waals surface area contributed by atoms with E-state index in [1.807, 2.05) is 78.9 Å². The lowest BCUT2D eigenvalue weighted by Gasteiger charge is -2.45. The molecule has 4 aromatic carbocycles. The number of nitrogens with one attached hydrogen (secondary N) is 3. The Balaban J connectivity index is 0.908. The van der Waals surface area contributed by atoms with Crippen LogP contribution in [0, 0.1) is 0 Å². The summed E-state index contributed by atoms with van der Waals surface area (Å²) >= 11 is 0. The molecule has 3 fully saturated rings. The van der Waals surface area contributed by atoms with Gasteiger partial charge >= 0.3 is 0 Å². The van der Waals surface area contributed by atoms with Crippen LogP contribution in [-0.4, -0.2) is 65.7 Å². The molecule has 12 nitrogen and oxygen atoms in total. The van der Waals surface area contributed by atoms with Crippen LogP contribution in [0.3, 0.4) is 0 Å². The van der Waals surface area contributed by atoms with Crippen molar-refractivity contribution in [1.29, 1.82) is 0 Å². The molecule has 0 bridgehead atoms. The number of benzene rings is 4. The molecule has 300 valence electrons. The second kappa shape index (κ2) is 18.8. The number of hydrogen-bond acceptors (Lipinski definition) is 9. The van der Waals surface area contributed by atoms with E-state index in [0.717, 1.165) is 74.0 Å². The highest BCUT2D eigenvalue weighted by molar-refractivity contribution is 5.94. The summed E-state index contributed by atoms with van der Waals surface area (Å²) < 4.78 is 13.2. The highest BCUT2D eigenvalue weighted by Crippen LogP contribution is 2.40. The van der Waals surface area contributed by atoms with Gasteiger partial charge in [-0.25, -0.2) is 0 Å². The number of nitrogens with zero attached hydrogens (tertiary/aromatic N) is 2. The largest absolute Gasteiger partial charge is 0.397 e. The van der Waals surface area contributed by atoms with Crippen molar-refractivity contribution in [3.8, 4) is 0 Å². The number of rotatable bonds is 15. The number of piperidine rings is 1. The number of unbranched alkanes of at least 4 members (excludes halogenated alkanes) is 3. The maximum absolute atomic E-state index is 13.2. The zero-order chi connectivity index (χ0) is 39.6. The normalized spacial score (nSPS) is 20.6. The summed E-state index contributed by atoms with van der Waals surface area (Å²) in [6.07, 6.45) is 5.15. The minimum Gasteiger partial charge on any atom is -0.397 e. The number of carbonyl (C=O) groups is 3. The number of aliphatic hydroxyl groups excluding tert-OH is 1. The molecular weight excluding hydrogens is 721 g/mol. The number of amides is 3. The lowest BCUT2D eigenvalue weighted by molar-refractivity contribution is -0.253. The number of hydrogen-bond donors (Lipinski definition) is 5. The first kappa shape index (κ1) is 39.9. The van der Waals surface area contributed by atoms with Gasteiger partial charge in [0.05, 0.1) is 36.9 Å². The lowest BCUT2D eigenvalue weighted by Crippen LogP contribution is -2.57. The Morgan fingerprint density at radius 1 is 0.789 bits per heavy atom. The van der Waals surface area contributed by atoms with E-state index in [1.54, 1.807) is 12.1 Å². The van der Waals surface area contributed by atoms with Crippen molar-refractivity contribution in [2.75, 3.05) is 47.6 Å². The number of aliphatic hydroxyl groups is 1. The average Bonchev–Trinajstić information content (AvgIpc) is 3.55. The number of ether oxygens (including phenoxy) is 2. The van der Waals surface area contributed by atoms with E-state index in [-0.39, 0.29) is 36.5 Å². The molecule has 1 spiro atoms. The average molecular weight is 775 g/mol. The fourth-order valence-corrected chi connectivity index (χ4v) is 8.15. The summed E-state index contributed by atoms with van der Waals surface area (Å²) in [4.78, 5) is 42.9. The van der Waals surface area contributed by atoms with Gasteiger partial charge in [0, 0.05) is 55.8 Å². The Bertz CT molecular complexity index is 1950. The molecule has 0 aliphatic carbocycles. The first-order chi connectivity index (χ1) is 27.8. The standard InChI is InChI=1S/C45H54N6O6/c46-38-12-8-9-13-39(38)49-42(54)15-7-2-1-6-14-41(53)48-35-22-20-34(21-23-35)43-56-37(28-40(57-43)33-18-16-32(30-52)17-19-33)29-50-26-24-45(25-27-50)44(55)47-31-51(45)36-10-4-3-5-11-36/h3-5,8-13,16-23,37,40,43,52H,1-2,6-7,14-15,24-31,46H2,(H,47,55)(H,48,53)(H,49,54)/t37-,40+,43+/m1/s1. The second-order valence-corrected chi connectivity index (χ2v) is 15.3. The van der Waals surface area contributed by atoms with Crippen molar-refractivity contribution in [2.24, 2.45) is 0 Å². The van der Waals surface area contributed by atoms with Crippen LogP contribution in [0.5, 0.6) is 0 Å². The Kier molecular flexibility index (Phi) is 13.2. The van der Waals surface area contributed by atoms with Crippen LogP contribution in [0.4, 0.5) is 22.7 Å². The van der Waals surface area contributed by atoms with Crippen LogP contribution in [0.25, 0.3) is 0 Å². The van der Waals surface area contributed by atoms with Crippen molar-refractivity contribution in [3.05, 3.63) is 120 Å². The predicted octanol–water partition coefficient (Wildman–Crippen LogP) is 6.65. The summed E-state index contributed by atoms with van der Waals surface area (Å²) in [5.74, 6) is -0.0156. The smallest absolute Gasteiger partial charge is 0.247 e. The highest BCUT2D eigenvalue weighted by atomic mass is 16.7. The number of nitrogen functional groups attached to an aromatic ring is 1. The highest BCUT2D eigenvalue weighted by Gasteiger charge is 2.50. The van der Waals surface area contributed by atoms with E-state index in [9.17, 15) is 19.5 Å². The minimum absolute atomic E-state index is 0.0224. The third-order valence-corrected chi connectivity index (χ3v) is 11.4. The molecule has 3 saturated heterocycles. The van der Waals surface area contributed by atoms with Crippen molar-refractivity contribution < 1.29 is 29.0 Å². The monoisotopic (exact) mass is 774 g/mol. The summed E-state index contributed by atoms with van der Waals surface area (Å²) in [6.45, 7) is 2.74. The SMILES string of the molecule is Nc1ccccc1NC(=O)CCCCCCC(=O)Nc1ccc([C@H]2O[C@@H](CN3CCC4(CC3)C(=O)NCN4c3ccccc3)C[C@@H](c3ccc(CO)cc3)O2)cc1. The van der Waals surface area contributed by atoms with Gasteiger partial charge in [-0.1, -0.05) is 79.6 Å². The Morgan fingerprint density at radius 3 is 2.12 bits per heavy atom. The molecule has 12 heteroatoms. The van der Waals surface area contributed by atoms with Crippen LogP contribution in [-0.2, 0) is 30.5 Å². The first-order valence-electron chi connectivity index (χ1n) is 20.2. The molecule has 57 heavy (non-hydrogen) atoms. The summed E-state index contributed by atoms with van der Waals surface area (Å²) in [7, 11) is 0.